The van der Waals surface area contributed by atoms with Crippen molar-refractivity contribution in [1.82, 2.24) is 24.8 Å². The molecule has 11 nitrogen and oxygen atoms in total. The molecule has 0 amide bonds. The molecule has 2 N–H and O–H groups in total. The molecule has 15 heteroatoms. The Bertz CT molecular complexity index is 2350. The number of hydrogen-bond acceptors (Lipinski definition) is 11. The standard InChI is InChI=1S/C21H30BN3O3.C15H18BrN3O.C9H5Br2N/c1-20(2)21(3,4)28-22(27-20)17-15-19(24-18-8-6-5-7-16(17)18)23-9-10-25-11-13-26-14-12-25;16-13-11-15(18-14-4-2-1-3-12(13)14)17-5-6-19-7-9-20-10-8-19;10-7-5-9(11)12-8-4-2-1-3-6(7)8/h5-8,15H,9-14H2,1-4H3,(H,23,24);1-4,11H,5-10H2,(H,17,18);1-5H. The molecule has 3 aliphatic rings. The van der Waals surface area contributed by atoms with E-state index in [1.54, 1.807) is 0 Å². The van der Waals surface area contributed by atoms with Crippen LogP contribution in [-0.2, 0) is 18.8 Å². The second-order valence-corrected chi connectivity index (χ2v) is 18.4. The first-order valence-corrected chi connectivity index (χ1v) is 22.9. The maximum Gasteiger partial charge on any atom is 0.495 e. The molecule has 0 atom stereocenters. The molecule has 0 aliphatic carbocycles. The number of ether oxygens (including phenoxy) is 2. The van der Waals surface area contributed by atoms with Crippen molar-refractivity contribution < 1.29 is 18.8 Å². The fourth-order valence-corrected chi connectivity index (χ4v) is 8.95. The Kier molecular flexibility index (Phi) is 15.5. The lowest BCUT2D eigenvalue weighted by Crippen LogP contribution is -2.41. The van der Waals surface area contributed by atoms with Gasteiger partial charge < -0.3 is 29.4 Å². The van der Waals surface area contributed by atoms with Crippen LogP contribution in [0.25, 0.3) is 32.7 Å². The van der Waals surface area contributed by atoms with Crippen LogP contribution in [0.4, 0.5) is 11.6 Å². The maximum atomic E-state index is 6.31. The Labute approximate surface area is 378 Å². The minimum absolute atomic E-state index is 0.369. The van der Waals surface area contributed by atoms with E-state index < -0.39 is 7.12 Å². The normalized spacial score (nSPS) is 17.8. The van der Waals surface area contributed by atoms with Crippen molar-refractivity contribution in [2.75, 3.05) is 89.4 Å². The number of morpholine rings is 2. The topological polar surface area (TPSA) is 106 Å². The van der Waals surface area contributed by atoms with Gasteiger partial charge in [0.05, 0.1) is 54.2 Å². The Morgan fingerprint density at radius 2 is 0.983 bits per heavy atom. The number of nitrogens with one attached hydrogen (secondary N) is 2. The summed E-state index contributed by atoms with van der Waals surface area (Å²) >= 11 is 10.4. The molecule has 3 aliphatic heterocycles. The van der Waals surface area contributed by atoms with Gasteiger partial charge in [-0.2, -0.15) is 0 Å². The van der Waals surface area contributed by atoms with E-state index in [1.165, 1.54) is 0 Å². The largest absolute Gasteiger partial charge is 0.495 e. The monoisotopic (exact) mass is 1000 g/mol. The lowest BCUT2D eigenvalue weighted by Gasteiger charge is -2.32. The van der Waals surface area contributed by atoms with Crippen molar-refractivity contribution in [1.29, 1.82) is 0 Å². The lowest BCUT2D eigenvalue weighted by molar-refractivity contribution is 0.00578. The third-order valence-electron chi connectivity index (χ3n) is 11.2. The van der Waals surface area contributed by atoms with Crippen molar-refractivity contribution >= 4 is 105 Å². The quantitative estimate of drug-likeness (QED) is 0.107. The number of fused-ring (bicyclic) bond motifs is 3. The molecule has 3 fully saturated rings. The van der Waals surface area contributed by atoms with E-state index in [-0.39, 0.29) is 11.2 Å². The van der Waals surface area contributed by atoms with Gasteiger partial charge in [0.15, 0.2) is 0 Å². The Hall–Kier alpha value is -3.25. The molecular weight excluding hydrogens is 953 g/mol. The first-order chi connectivity index (χ1) is 29.0. The van der Waals surface area contributed by atoms with Crippen molar-refractivity contribution in [3.8, 4) is 0 Å². The van der Waals surface area contributed by atoms with Crippen LogP contribution in [0.15, 0.2) is 105 Å². The molecule has 6 aromatic rings. The van der Waals surface area contributed by atoms with Gasteiger partial charge in [0.25, 0.3) is 0 Å². The van der Waals surface area contributed by atoms with Gasteiger partial charge in [-0.15, -0.1) is 0 Å². The van der Waals surface area contributed by atoms with E-state index in [1.807, 2.05) is 72.8 Å². The van der Waals surface area contributed by atoms with Gasteiger partial charge in [0.2, 0.25) is 0 Å². The molecule has 60 heavy (non-hydrogen) atoms. The molecule has 0 spiro atoms. The first-order valence-electron chi connectivity index (χ1n) is 20.6. The van der Waals surface area contributed by atoms with Crippen LogP contribution < -0.4 is 16.1 Å². The molecule has 9 rings (SSSR count). The van der Waals surface area contributed by atoms with Gasteiger partial charge >= 0.3 is 7.12 Å². The highest BCUT2D eigenvalue weighted by atomic mass is 79.9. The molecule has 0 saturated carbocycles. The van der Waals surface area contributed by atoms with Crippen molar-refractivity contribution in [2.24, 2.45) is 0 Å². The third kappa shape index (κ3) is 11.6. The fraction of sp³-hybridized carbons (Fsp3) is 0.400. The molecule has 316 valence electrons. The van der Waals surface area contributed by atoms with E-state index in [9.17, 15) is 0 Å². The van der Waals surface area contributed by atoms with Crippen LogP contribution in [0.2, 0.25) is 0 Å². The fourth-order valence-electron chi connectivity index (χ4n) is 7.12. The molecule has 6 heterocycles. The zero-order valence-electron chi connectivity index (χ0n) is 34.7. The van der Waals surface area contributed by atoms with Gasteiger partial charge in [-0.25, -0.2) is 15.0 Å². The van der Waals surface area contributed by atoms with Crippen LogP contribution in [0, 0.1) is 0 Å². The van der Waals surface area contributed by atoms with E-state index in [0.717, 1.165) is 142 Å². The van der Waals surface area contributed by atoms with E-state index in [0.29, 0.717) is 0 Å². The summed E-state index contributed by atoms with van der Waals surface area (Å²) < 4.78 is 26.4. The summed E-state index contributed by atoms with van der Waals surface area (Å²) in [6.45, 7) is 19.4. The Morgan fingerprint density at radius 1 is 0.567 bits per heavy atom. The van der Waals surface area contributed by atoms with Gasteiger partial charge in [-0.05, 0) is 117 Å². The smallest absolute Gasteiger partial charge is 0.399 e. The number of para-hydroxylation sites is 3. The number of benzene rings is 3. The average Bonchev–Trinajstić information content (AvgIpc) is 3.47. The first kappa shape index (κ1) is 44.8. The van der Waals surface area contributed by atoms with Crippen molar-refractivity contribution in [2.45, 2.75) is 38.9 Å². The highest BCUT2D eigenvalue weighted by Gasteiger charge is 2.52. The van der Waals surface area contributed by atoms with Crippen molar-refractivity contribution in [3.63, 3.8) is 0 Å². The van der Waals surface area contributed by atoms with Gasteiger partial charge in [0, 0.05) is 77.5 Å². The number of hydrogen-bond donors (Lipinski definition) is 2. The average molecular weight is 1010 g/mol. The van der Waals surface area contributed by atoms with E-state index >= 15 is 0 Å². The molecular formula is C45H53BBr3N7O4. The predicted octanol–water partition coefficient (Wildman–Crippen LogP) is 8.78. The van der Waals surface area contributed by atoms with E-state index in [2.05, 4.69) is 124 Å². The number of pyridine rings is 3. The number of nitrogens with zero attached hydrogens (tertiary/aromatic N) is 5. The van der Waals surface area contributed by atoms with Crippen LogP contribution >= 0.6 is 47.8 Å². The summed E-state index contributed by atoms with van der Waals surface area (Å²) in [5.74, 6) is 1.78. The van der Waals surface area contributed by atoms with Crippen LogP contribution in [0.3, 0.4) is 0 Å². The minimum Gasteiger partial charge on any atom is -0.399 e. The highest BCUT2D eigenvalue weighted by Crippen LogP contribution is 2.37. The van der Waals surface area contributed by atoms with E-state index in [4.69, 9.17) is 23.8 Å². The molecule has 0 radical (unpaired) electrons. The minimum atomic E-state index is -0.405. The lowest BCUT2D eigenvalue weighted by atomic mass is 9.77. The summed E-state index contributed by atoms with van der Waals surface area (Å²) in [6.07, 6.45) is 0. The summed E-state index contributed by atoms with van der Waals surface area (Å²) in [7, 11) is -0.405. The van der Waals surface area contributed by atoms with Gasteiger partial charge in [-0.1, -0.05) is 54.6 Å². The zero-order valence-corrected chi connectivity index (χ0v) is 39.5. The molecule has 0 bridgehead atoms. The SMILES string of the molecule is Brc1cc(Br)c2ccccc2n1.Brc1cc(NCCN2CCOCC2)nc2ccccc12.CC1(C)OB(c2cc(NCCN3CCOCC3)nc3ccccc23)OC1(C)C. The third-order valence-corrected chi connectivity index (χ3v) is 12.9. The molecule has 3 aromatic heterocycles. The molecule has 3 aromatic carbocycles. The summed E-state index contributed by atoms with van der Waals surface area (Å²) in [4.78, 5) is 18.6. The van der Waals surface area contributed by atoms with Crippen molar-refractivity contribution in [3.05, 3.63) is 105 Å². The summed E-state index contributed by atoms with van der Waals surface area (Å²) in [5, 5.41) is 10.2. The second-order valence-electron chi connectivity index (χ2n) is 15.9. The summed E-state index contributed by atoms with van der Waals surface area (Å²) in [6, 6.07) is 30.4. The van der Waals surface area contributed by atoms with Gasteiger partial charge in [-0.3, -0.25) is 9.80 Å². The summed E-state index contributed by atoms with van der Waals surface area (Å²) in [5.41, 5.74) is 3.24. The number of aromatic nitrogens is 3. The zero-order chi connectivity index (χ0) is 42.1. The Balaban J connectivity index is 0.000000148. The second kappa shape index (κ2) is 20.7. The number of anilines is 2. The van der Waals surface area contributed by atoms with Crippen LogP contribution in [0.1, 0.15) is 27.7 Å². The van der Waals surface area contributed by atoms with Crippen LogP contribution in [-0.4, -0.2) is 122 Å². The molecule has 3 saturated heterocycles. The Morgan fingerprint density at radius 3 is 1.50 bits per heavy atom. The maximum absolute atomic E-state index is 6.31. The number of rotatable bonds is 9. The predicted molar refractivity (Wildman–Crippen MR) is 256 cm³/mol. The number of halogens is 3. The highest BCUT2D eigenvalue weighted by molar-refractivity contribution is 9.11. The van der Waals surface area contributed by atoms with Crippen LogP contribution in [0.5, 0.6) is 0 Å². The van der Waals surface area contributed by atoms with Gasteiger partial charge in [0.1, 0.15) is 16.2 Å². The molecule has 0 unspecified atom stereocenters.